The first-order valence-corrected chi connectivity index (χ1v) is 23.6. The van der Waals surface area contributed by atoms with Gasteiger partial charge in [-0.15, -0.1) is 0 Å². The Hall–Kier alpha value is -8.45. The van der Waals surface area contributed by atoms with Gasteiger partial charge in [-0.05, 0) is 96.3 Å². The summed E-state index contributed by atoms with van der Waals surface area (Å²) < 4.78 is 154. The minimum atomic E-state index is -4.54. The number of benzene rings is 6. The molecule has 0 fully saturated rings. The summed E-state index contributed by atoms with van der Waals surface area (Å²) in [4.78, 5) is 0. The van der Waals surface area contributed by atoms with Crippen molar-refractivity contribution in [2.45, 2.75) is 44.7 Å². The van der Waals surface area contributed by atoms with E-state index in [-0.39, 0.29) is 53.2 Å². The highest BCUT2D eigenvalue weighted by Gasteiger charge is 2.31. The quantitative estimate of drug-likeness (QED) is 0.0540. The van der Waals surface area contributed by atoms with Crippen LogP contribution in [0.4, 0.5) is 61.4 Å². The first kappa shape index (κ1) is 57.3. The predicted octanol–water partition coefficient (Wildman–Crippen LogP) is 11.0. The Labute approximate surface area is 437 Å². The number of nitrogens with zero attached hydrogens (tertiary/aromatic N) is 6. The number of aliphatic hydroxyl groups excluding tert-OH is 2. The molecule has 0 saturated heterocycles. The molecule has 15 nitrogen and oxygen atoms in total. The van der Waals surface area contributed by atoms with Crippen LogP contribution >= 0.6 is 0 Å². The molecular weight excluding hydrogens is 1050 g/mol. The molecular formula is C53H51F10N9O6. The number of ether oxygens (including phenoxy) is 4. The highest BCUT2D eigenvalue weighted by molar-refractivity contribution is 5.95. The van der Waals surface area contributed by atoms with E-state index >= 15 is 0 Å². The molecule has 0 radical (unpaired) electrons. The molecule has 3 heterocycles. The minimum absolute atomic E-state index is 0.000120. The van der Waals surface area contributed by atoms with Crippen LogP contribution in [0.25, 0.3) is 66.1 Å². The lowest BCUT2D eigenvalue weighted by Gasteiger charge is -2.16. The Bertz CT molecular complexity index is 3510. The van der Waals surface area contributed by atoms with Gasteiger partial charge >= 0.3 is 12.4 Å². The number of alkyl halides is 8. The number of halogens is 10. The molecule has 0 saturated carbocycles. The number of nitrogens with two attached hydrogens (primary N) is 3. The van der Waals surface area contributed by atoms with Crippen LogP contribution in [0.2, 0.25) is 0 Å². The van der Waals surface area contributed by atoms with Crippen LogP contribution in [-0.2, 0) is 20.1 Å². The Balaban J connectivity index is 0.000000170. The number of hydrogen-bond donors (Lipinski definition) is 5. The number of fused-ring (bicyclic) bond motifs is 3. The number of aryl methyl sites for hydroxylation is 3. The third kappa shape index (κ3) is 13.7. The van der Waals surface area contributed by atoms with Crippen LogP contribution in [0.15, 0.2) is 109 Å². The number of methoxy groups -OCH3 is 1. The second-order valence-corrected chi connectivity index (χ2v) is 17.1. The van der Waals surface area contributed by atoms with Crippen LogP contribution < -0.4 is 36.1 Å². The largest absolute Gasteiger partial charge is 0.493 e. The molecule has 0 bridgehead atoms. The van der Waals surface area contributed by atoms with Crippen molar-refractivity contribution in [2.24, 2.45) is 7.05 Å². The maximum atomic E-state index is 14.4. The molecule has 25 heteroatoms. The summed E-state index contributed by atoms with van der Waals surface area (Å²) in [5.74, 6) is -0.191. The van der Waals surface area contributed by atoms with Crippen molar-refractivity contribution in [1.82, 2.24) is 29.3 Å². The van der Waals surface area contributed by atoms with Crippen LogP contribution in [-0.4, -0.2) is 98.5 Å². The summed E-state index contributed by atoms with van der Waals surface area (Å²) in [7, 11) is 3.12. The molecule has 0 aliphatic heterocycles. The van der Waals surface area contributed by atoms with E-state index in [1.165, 1.54) is 37.4 Å². The molecule has 0 unspecified atom stereocenters. The van der Waals surface area contributed by atoms with Crippen molar-refractivity contribution in [1.29, 1.82) is 0 Å². The second kappa shape index (κ2) is 24.7. The SMILES string of the molecule is COc1cccc(-c2ccc3c(N)nn(C)c3c2)c1OCC(F)(F)F.Nc1nn(CCCO)c2cc(-c3c(F)cccc3OCC(F)(F)F)ccc12.Nc1nn(CCCO)c2cc(-c3c(F)cccc3OCC(F)F)ccc12. The van der Waals surface area contributed by atoms with Crippen molar-refractivity contribution in [3.63, 3.8) is 0 Å². The zero-order valence-electron chi connectivity index (χ0n) is 41.6. The van der Waals surface area contributed by atoms with Crippen molar-refractivity contribution < 1.29 is 73.1 Å². The molecule has 0 amide bonds. The van der Waals surface area contributed by atoms with Crippen LogP contribution in [0.5, 0.6) is 23.0 Å². The molecule has 78 heavy (non-hydrogen) atoms. The van der Waals surface area contributed by atoms with Gasteiger partial charge in [0.25, 0.3) is 6.43 Å². The molecule has 8 N–H and O–H groups in total. The number of aromatic nitrogens is 6. The molecule has 6 aromatic carbocycles. The molecule has 0 aliphatic rings. The Morgan fingerprint density at radius 1 is 0.551 bits per heavy atom. The van der Waals surface area contributed by atoms with Crippen molar-refractivity contribution in [2.75, 3.05) is 57.3 Å². The fraction of sp³-hybridized carbons (Fsp3) is 0.264. The van der Waals surface area contributed by atoms with E-state index in [0.29, 0.717) is 81.6 Å². The van der Waals surface area contributed by atoms with Crippen LogP contribution in [0.3, 0.4) is 0 Å². The van der Waals surface area contributed by atoms with E-state index in [2.05, 4.69) is 15.3 Å². The normalized spacial score (nSPS) is 11.7. The lowest BCUT2D eigenvalue weighted by atomic mass is 10.0. The molecule has 3 aromatic heterocycles. The van der Waals surface area contributed by atoms with Crippen LogP contribution in [0.1, 0.15) is 12.8 Å². The third-order valence-electron chi connectivity index (χ3n) is 11.7. The van der Waals surface area contributed by atoms with E-state index in [4.69, 9.17) is 46.4 Å². The van der Waals surface area contributed by atoms with Gasteiger partial charge in [-0.3, -0.25) is 14.0 Å². The summed E-state index contributed by atoms with van der Waals surface area (Å²) in [5.41, 5.74) is 21.6. The minimum Gasteiger partial charge on any atom is -0.493 e. The monoisotopic (exact) mass is 1100 g/mol. The number of aliphatic hydroxyl groups is 2. The van der Waals surface area contributed by atoms with E-state index < -0.39 is 50.2 Å². The van der Waals surface area contributed by atoms with Gasteiger partial charge < -0.3 is 46.4 Å². The van der Waals surface area contributed by atoms with Crippen molar-refractivity contribution in [3.05, 3.63) is 121 Å². The Morgan fingerprint density at radius 3 is 1.47 bits per heavy atom. The van der Waals surface area contributed by atoms with Gasteiger partial charge in [0.2, 0.25) is 0 Å². The lowest BCUT2D eigenvalue weighted by molar-refractivity contribution is -0.154. The molecule has 9 aromatic rings. The van der Waals surface area contributed by atoms with Crippen molar-refractivity contribution in [3.8, 4) is 56.4 Å². The van der Waals surface area contributed by atoms with E-state index in [9.17, 15) is 43.9 Å². The summed E-state index contributed by atoms with van der Waals surface area (Å²) in [6.45, 7) is -2.94. The Kier molecular flexibility index (Phi) is 18.1. The number of hydrogen-bond acceptors (Lipinski definition) is 12. The molecule has 0 aliphatic carbocycles. The maximum absolute atomic E-state index is 14.4. The third-order valence-corrected chi connectivity index (χ3v) is 11.7. The highest BCUT2D eigenvalue weighted by Crippen LogP contribution is 2.41. The van der Waals surface area contributed by atoms with Gasteiger partial charge in [-0.25, -0.2) is 17.6 Å². The smallest absolute Gasteiger partial charge is 0.422 e. The topological polar surface area (TPSA) is 209 Å². The Morgan fingerprint density at radius 2 is 0.987 bits per heavy atom. The highest BCUT2D eigenvalue weighted by atomic mass is 19.4. The van der Waals surface area contributed by atoms with Gasteiger partial charge in [0.05, 0.1) is 34.8 Å². The summed E-state index contributed by atoms with van der Waals surface area (Å²) >= 11 is 0. The zero-order valence-corrected chi connectivity index (χ0v) is 41.6. The summed E-state index contributed by atoms with van der Waals surface area (Å²) in [5, 5.41) is 32.7. The van der Waals surface area contributed by atoms with E-state index in [0.717, 1.165) is 17.0 Å². The number of nitrogen functional groups attached to an aromatic ring is 3. The number of para-hydroxylation sites is 1. The molecule has 414 valence electrons. The number of anilines is 3. The lowest BCUT2D eigenvalue weighted by Crippen LogP contribution is -2.19. The maximum Gasteiger partial charge on any atom is 0.422 e. The van der Waals surface area contributed by atoms with Gasteiger partial charge in [0.1, 0.15) is 29.7 Å². The fourth-order valence-electron chi connectivity index (χ4n) is 8.27. The number of rotatable bonds is 17. The first-order valence-electron chi connectivity index (χ1n) is 23.6. The fourth-order valence-corrected chi connectivity index (χ4v) is 8.27. The zero-order chi connectivity index (χ0) is 56.5. The van der Waals surface area contributed by atoms with Gasteiger partial charge in [-0.2, -0.15) is 41.6 Å². The van der Waals surface area contributed by atoms with Crippen molar-refractivity contribution >= 4 is 50.2 Å². The molecule has 0 atom stereocenters. The summed E-state index contributed by atoms with van der Waals surface area (Å²) in [6, 6.07) is 27.9. The second-order valence-electron chi connectivity index (χ2n) is 17.1. The predicted molar refractivity (Wildman–Crippen MR) is 274 cm³/mol. The first-order chi connectivity index (χ1) is 37.1. The molecule has 9 rings (SSSR count). The average molecular weight is 1100 g/mol. The average Bonchev–Trinajstić information content (AvgIpc) is 4.06. The van der Waals surface area contributed by atoms with E-state index in [1.807, 2.05) is 0 Å². The van der Waals surface area contributed by atoms with Gasteiger partial charge in [-0.1, -0.05) is 42.5 Å². The summed E-state index contributed by atoms with van der Waals surface area (Å²) in [6.07, 6.45) is -10.7. The van der Waals surface area contributed by atoms with Crippen LogP contribution in [0, 0.1) is 11.6 Å². The standard InChI is InChI=1S/C18H17F4N3O2.C18H18F3N3O2.C17H16F3N3O2/c19-13-3-1-4-15(27-10-18(20,21)22)16(13)11-5-6-12-14(9-11)25(7-2-8-26)24-17(12)23;19-13-3-1-4-15(26-10-16(20)21)17(13)11-5-6-12-14(9-11)24(7-2-8-25)23-18(12)22;1-23-13-8-10(6-7-12(13)16(21)22-23)11-4-3-5-14(24-2)15(11)25-9-17(18,19)20/h1,3-6,9,26H,2,7-8,10H2,(H2,23,24);1,3-6,9,16,25H,2,7-8,10H2,(H2,22,23);3-8H,9H2,1-2H3,(H2,21,22). The van der Waals surface area contributed by atoms with E-state index in [1.54, 1.807) is 93.9 Å². The van der Waals surface area contributed by atoms with Gasteiger partial charge in [0, 0.05) is 55.1 Å². The molecule has 0 spiro atoms. The van der Waals surface area contributed by atoms with Gasteiger partial charge in [0.15, 0.2) is 42.2 Å².